The van der Waals surface area contributed by atoms with Gasteiger partial charge in [-0.3, -0.25) is 0 Å². The Labute approximate surface area is 101 Å². The van der Waals surface area contributed by atoms with Gasteiger partial charge >= 0.3 is 0 Å². The maximum atomic E-state index is 9.86. The number of aliphatic hydroxyl groups excluding tert-OH is 2. The van der Waals surface area contributed by atoms with Crippen LogP contribution in [0.2, 0.25) is 5.02 Å². The minimum absolute atomic E-state index is 0.363. The van der Waals surface area contributed by atoms with Crippen LogP contribution in [-0.4, -0.2) is 29.4 Å². The number of hydrogen-bond donors (Lipinski definition) is 3. The van der Waals surface area contributed by atoms with Crippen LogP contribution in [0.3, 0.4) is 0 Å². The van der Waals surface area contributed by atoms with Crippen LogP contribution in [0.4, 0.5) is 0 Å². The van der Waals surface area contributed by atoms with Crippen molar-refractivity contribution in [2.24, 2.45) is 0 Å². The lowest BCUT2D eigenvalue weighted by Crippen LogP contribution is -2.29. The van der Waals surface area contributed by atoms with Crippen LogP contribution in [-0.2, 0) is 0 Å². The molecule has 0 aliphatic carbocycles. The Morgan fingerprint density at radius 1 is 1.25 bits per heavy atom. The first-order chi connectivity index (χ1) is 7.65. The molecule has 1 aromatic rings. The van der Waals surface area contributed by atoms with Crippen LogP contribution in [0.1, 0.15) is 25.0 Å². The fourth-order valence-corrected chi connectivity index (χ4v) is 1.65. The molecule has 1 aromatic carbocycles. The van der Waals surface area contributed by atoms with Gasteiger partial charge in [-0.05, 0) is 12.5 Å². The van der Waals surface area contributed by atoms with E-state index in [0.717, 1.165) is 0 Å². The van der Waals surface area contributed by atoms with E-state index in [1.807, 2.05) is 19.1 Å². The minimum Gasteiger partial charge on any atom is -0.392 e. The molecule has 0 aliphatic rings. The molecule has 1 rings (SSSR count). The van der Waals surface area contributed by atoms with Crippen molar-refractivity contribution in [3.8, 4) is 0 Å². The Kier molecular flexibility index (Phi) is 5.77. The first kappa shape index (κ1) is 13.5. The van der Waals surface area contributed by atoms with Gasteiger partial charge in [0.15, 0.2) is 0 Å². The molecule has 0 radical (unpaired) electrons. The molecule has 16 heavy (non-hydrogen) atoms. The molecule has 3 nitrogen and oxygen atoms in total. The summed E-state index contributed by atoms with van der Waals surface area (Å²) in [6, 6.07) is 7.21. The van der Waals surface area contributed by atoms with Crippen LogP contribution in [0.25, 0.3) is 0 Å². The van der Waals surface area contributed by atoms with E-state index in [2.05, 4.69) is 5.32 Å². The molecule has 3 N–H and O–H groups in total. The second kappa shape index (κ2) is 6.86. The smallest absolute Gasteiger partial charge is 0.0928 e. The van der Waals surface area contributed by atoms with E-state index in [4.69, 9.17) is 11.6 Å². The van der Waals surface area contributed by atoms with Crippen molar-refractivity contribution in [1.29, 1.82) is 0 Å². The van der Waals surface area contributed by atoms with Gasteiger partial charge < -0.3 is 15.5 Å². The quantitative estimate of drug-likeness (QED) is 0.713. The summed E-state index contributed by atoms with van der Waals surface area (Å²) in [5.74, 6) is 0. The zero-order valence-corrected chi connectivity index (χ0v) is 10.1. The maximum absolute atomic E-state index is 9.86. The number of aliphatic hydroxyl groups is 2. The highest BCUT2D eigenvalue weighted by Gasteiger charge is 2.10. The first-order valence-corrected chi connectivity index (χ1v) is 5.84. The van der Waals surface area contributed by atoms with Gasteiger partial charge in [0.25, 0.3) is 0 Å². The molecule has 0 saturated carbocycles. The monoisotopic (exact) mass is 243 g/mol. The molecule has 2 atom stereocenters. The summed E-state index contributed by atoms with van der Waals surface area (Å²) in [4.78, 5) is 0. The zero-order chi connectivity index (χ0) is 12.0. The van der Waals surface area contributed by atoms with Crippen molar-refractivity contribution >= 4 is 11.6 Å². The fraction of sp³-hybridized carbons (Fsp3) is 0.500. The predicted molar refractivity (Wildman–Crippen MR) is 65.6 cm³/mol. The lowest BCUT2D eigenvalue weighted by Gasteiger charge is -2.15. The Morgan fingerprint density at radius 2 is 1.94 bits per heavy atom. The van der Waals surface area contributed by atoms with E-state index in [-0.39, 0.29) is 6.10 Å². The third kappa shape index (κ3) is 4.10. The van der Waals surface area contributed by atoms with Crippen molar-refractivity contribution < 1.29 is 10.2 Å². The fourth-order valence-electron chi connectivity index (χ4n) is 1.39. The van der Waals surface area contributed by atoms with Crippen LogP contribution in [0, 0.1) is 0 Å². The molecular formula is C12H18ClNO2. The van der Waals surface area contributed by atoms with Crippen LogP contribution in [0.15, 0.2) is 24.3 Å². The van der Waals surface area contributed by atoms with Gasteiger partial charge in [0.1, 0.15) is 0 Å². The Bertz CT molecular complexity index is 320. The van der Waals surface area contributed by atoms with E-state index in [1.54, 1.807) is 12.1 Å². The topological polar surface area (TPSA) is 52.5 Å². The van der Waals surface area contributed by atoms with Crippen molar-refractivity contribution in [3.05, 3.63) is 34.9 Å². The van der Waals surface area contributed by atoms with Crippen molar-refractivity contribution in [2.45, 2.75) is 25.6 Å². The number of rotatable bonds is 6. The third-order valence-electron chi connectivity index (χ3n) is 2.45. The summed E-state index contributed by atoms with van der Waals surface area (Å²) in [5, 5.41) is 22.7. The number of benzene rings is 1. The number of nitrogens with one attached hydrogen (secondary N) is 1. The lowest BCUT2D eigenvalue weighted by atomic mass is 10.1. The van der Waals surface area contributed by atoms with E-state index < -0.39 is 6.10 Å². The molecule has 0 aliphatic heterocycles. The van der Waals surface area contributed by atoms with E-state index in [1.165, 1.54) is 0 Å². The molecule has 0 heterocycles. The van der Waals surface area contributed by atoms with Gasteiger partial charge in [-0.15, -0.1) is 0 Å². The molecule has 90 valence electrons. The molecule has 0 amide bonds. The van der Waals surface area contributed by atoms with Crippen LogP contribution >= 0.6 is 11.6 Å². The molecule has 0 saturated heterocycles. The zero-order valence-electron chi connectivity index (χ0n) is 9.36. The molecular weight excluding hydrogens is 226 g/mol. The van der Waals surface area contributed by atoms with Gasteiger partial charge in [0.2, 0.25) is 0 Å². The number of halogens is 1. The molecule has 0 bridgehead atoms. The van der Waals surface area contributed by atoms with Gasteiger partial charge in [-0.1, -0.05) is 36.7 Å². The SMILES string of the molecule is CCC(O)CNCC(O)c1ccccc1Cl. The van der Waals surface area contributed by atoms with Gasteiger partial charge in [-0.2, -0.15) is 0 Å². The second-order valence-electron chi connectivity index (χ2n) is 3.76. The van der Waals surface area contributed by atoms with Gasteiger partial charge in [0, 0.05) is 23.7 Å². The highest BCUT2D eigenvalue weighted by atomic mass is 35.5. The van der Waals surface area contributed by atoms with Gasteiger partial charge in [-0.25, -0.2) is 0 Å². The average molecular weight is 244 g/mol. The molecule has 0 spiro atoms. The number of hydrogen-bond acceptors (Lipinski definition) is 3. The second-order valence-corrected chi connectivity index (χ2v) is 4.16. The third-order valence-corrected chi connectivity index (χ3v) is 2.80. The Morgan fingerprint density at radius 3 is 2.56 bits per heavy atom. The summed E-state index contributed by atoms with van der Waals surface area (Å²) in [6.45, 7) is 2.79. The van der Waals surface area contributed by atoms with E-state index in [9.17, 15) is 10.2 Å². The highest BCUT2D eigenvalue weighted by molar-refractivity contribution is 6.31. The molecule has 4 heteroatoms. The predicted octanol–water partition coefficient (Wildman–Crippen LogP) is 1.73. The normalized spacial score (nSPS) is 14.8. The summed E-state index contributed by atoms with van der Waals surface area (Å²) in [5.41, 5.74) is 0.711. The van der Waals surface area contributed by atoms with Crippen molar-refractivity contribution in [3.63, 3.8) is 0 Å². The standard InChI is InChI=1S/C12H18ClNO2/c1-2-9(15)7-14-8-12(16)10-5-3-4-6-11(10)13/h3-6,9,12,14-16H,2,7-8H2,1H3. The van der Waals surface area contributed by atoms with Gasteiger partial charge in [0.05, 0.1) is 12.2 Å². The van der Waals surface area contributed by atoms with Crippen LogP contribution in [0.5, 0.6) is 0 Å². The average Bonchev–Trinajstić information content (AvgIpc) is 2.29. The Hall–Kier alpha value is -0.610. The first-order valence-electron chi connectivity index (χ1n) is 5.46. The summed E-state index contributed by atoms with van der Waals surface area (Å²) >= 11 is 5.95. The lowest BCUT2D eigenvalue weighted by molar-refractivity contribution is 0.144. The largest absolute Gasteiger partial charge is 0.392 e. The van der Waals surface area contributed by atoms with Crippen molar-refractivity contribution in [1.82, 2.24) is 5.32 Å². The molecule has 2 unspecified atom stereocenters. The summed E-state index contributed by atoms with van der Waals surface area (Å²) in [7, 11) is 0. The van der Waals surface area contributed by atoms with E-state index >= 15 is 0 Å². The van der Waals surface area contributed by atoms with Crippen LogP contribution < -0.4 is 5.32 Å². The maximum Gasteiger partial charge on any atom is 0.0928 e. The summed E-state index contributed by atoms with van der Waals surface area (Å²) in [6.07, 6.45) is -0.300. The minimum atomic E-state index is -0.641. The molecule has 0 fully saturated rings. The van der Waals surface area contributed by atoms with Crippen molar-refractivity contribution in [2.75, 3.05) is 13.1 Å². The summed E-state index contributed by atoms with van der Waals surface area (Å²) < 4.78 is 0. The highest BCUT2D eigenvalue weighted by Crippen LogP contribution is 2.21. The van der Waals surface area contributed by atoms with E-state index in [0.29, 0.717) is 30.1 Å². The Balaban J connectivity index is 2.41. The molecule has 0 aromatic heterocycles.